The molecule has 20 heavy (non-hydrogen) atoms. The third-order valence-electron chi connectivity index (χ3n) is 2.99. The van der Waals surface area contributed by atoms with Gasteiger partial charge in [0.2, 0.25) is 0 Å². The molecule has 0 radical (unpaired) electrons. The van der Waals surface area contributed by atoms with Gasteiger partial charge in [-0.1, -0.05) is 36.2 Å². The molecule has 0 atom stereocenters. The van der Waals surface area contributed by atoms with E-state index >= 15 is 0 Å². The SMILES string of the molecule is CCNc1nc(Cc2ccc(CC)cn2)c(Cl)cc1Cl. The molecule has 0 saturated carbocycles. The Morgan fingerprint density at radius 1 is 1.15 bits per heavy atom. The molecule has 0 spiro atoms. The van der Waals surface area contributed by atoms with E-state index in [0.717, 1.165) is 24.4 Å². The molecule has 2 aromatic rings. The summed E-state index contributed by atoms with van der Waals surface area (Å²) in [6.45, 7) is 4.87. The van der Waals surface area contributed by atoms with Crippen LogP contribution >= 0.6 is 23.2 Å². The highest BCUT2D eigenvalue weighted by atomic mass is 35.5. The predicted octanol–water partition coefficient (Wildman–Crippen LogP) is 4.37. The van der Waals surface area contributed by atoms with Crippen molar-refractivity contribution in [2.75, 3.05) is 11.9 Å². The minimum atomic E-state index is 0.537. The van der Waals surface area contributed by atoms with E-state index < -0.39 is 0 Å². The number of nitrogens with zero attached hydrogens (tertiary/aromatic N) is 2. The minimum absolute atomic E-state index is 0.537. The summed E-state index contributed by atoms with van der Waals surface area (Å²) in [5, 5.41) is 4.23. The number of hydrogen-bond donors (Lipinski definition) is 1. The summed E-state index contributed by atoms with van der Waals surface area (Å²) in [4.78, 5) is 8.92. The average Bonchev–Trinajstić information content (AvgIpc) is 2.45. The topological polar surface area (TPSA) is 37.8 Å². The van der Waals surface area contributed by atoms with Gasteiger partial charge in [-0.25, -0.2) is 4.98 Å². The van der Waals surface area contributed by atoms with Gasteiger partial charge in [0.25, 0.3) is 0 Å². The number of anilines is 1. The summed E-state index contributed by atoms with van der Waals surface area (Å²) in [5.41, 5.74) is 2.95. The van der Waals surface area contributed by atoms with E-state index in [2.05, 4.69) is 28.3 Å². The zero-order valence-corrected chi connectivity index (χ0v) is 13.1. The molecule has 0 unspecified atom stereocenters. The van der Waals surface area contributed by atoms with Crippen molar-refractivity contribution in [3.05, 3.63) is 51.4 Å². The Morgan fingerprint density at radius 2 is 1.95 bits per heavy atom. The Hall–Kier alpha value is -1.32. The lowest BCUT2D eigenvalue weighted by atomic mass is 10.1. The summed E-state index contributed by atoms with van der Waals surface area (Å²) >= 11 is 12.3. The second-order valence-corrected chi connectivity index (χ2v) is 5.28. The Labute approximate surface area is 129 Å². The van der Waals surface area contributed by atoms with Gasteiger partial charge in [0.05, 0.1) is 15.7 Å². The number of pyridine rings is 2. The molecule has 2 aromatic heterocycles. The molecule has 2 heterocycles. The normalized spacial score (nSPS) is 10.6. The van der Waals surface area contributed by atoms with Gasteiger partial charge < -0.3 is 5.32 Å². The maximum Gasteiger partial charge on any atom is 0.145 e. The molecule has 1 N–H and O–H groups in total. The molecule has 2 rings (SSSR count). The lowest BCUT2D eigenvalue weighted by Gasteiger charge is -2.10. The van der Waals surface area contributed by atoms with Crippen LogP contribution in [0.25, 0.3) is 0 Å². The smallest absolute Gasteiger partial charge is 0.145 e. The van der Waals surface area contributed by atoms with E-state index in [1.54, 1.807) is 6.07 Å². The monoisotopic (exact) mass is 309 g/mol. The summed E-state index contributed by atoms with van der Waals surface area (Å²) in [7, 11) is 0. The molecule has 0 aliphatic heterocycles. The third-order valence-corrected chi connectivity index (χ3v) is 3.60. The highest BCUT2D eigenvalue weighted by Gasteiger charge is 2.10. The van der Waals surface area contributed by atoms with Crippen LogP contribution in [0.4, 0.5) is 5.82 Å². The zero-order valence-electron chi connectivity index (χ0n) is 11.6. The van der Waals surface area contributed by atoms with Gasteiger partial charge in [0, 0.05) is 24.9 Å². The van der Waals surface area contributed by atoms with E-state index in [0.29, 0.717) is 22.3 Å². The molecule has 0 bridgehead atoms. The number of hydrogen-bond acceptors (Lipinski definition) is 3. The predicted molar refractivity (Wildman–Crippen MR) is 84.8 cm³/mol. The van der Waals surface area contributed by atoms with Crippen molar-refractivity contribution in [3.8, 4) is 0 Å². The highest BCUT2D eigenvalue weighted by molar-refractivity contribution is 6.36. The molecule has 0 aliphatic carbocycles. The van der Waals surface area contributed by atoms with Crippen molar-refractivity contribution in [1.29, 1.82) is 0 Å². The van der Waals surface area contributed by atoms with E-state index in [9.17, 15) is 0 Å². The Morgan fingerprint density at radius 3 is 2.55 bits per heavy atom. The first-order valence-electron chi connectivity index (χ1n) is 6.66. The quantitative estimate of drug-likeness (QED) is 0.891. The molecule has 0 aromatic carbocycles. The van der Waals surface area contributed by atoms with Crippen molar-refractivity contribution < 1.29 is 0 Å². The first kappa shape index (κ1) is 15.1. The zero-order chi connectivity index (χ0) is 14.5. The van der Waals surface area contributed by atoms with E-state index in [4.69, 9.17) is 23.2 Å². The van der Waals surface area contributed by atoms with Gasteiger partial charge >= 0.3 is 0 Å². The molecule has 0 amide bonds. The molecule has 5 heteroatoms. The molecule has 0 aliphatic rings. The van der Waals surface area contributed by atoms with Gasteiger partial charge in [0.1, 0.15) is 5.82 Å². The van der Waals surface area contributed by atoms with Crippen LogP contribution in [-0.4, -0.2) is 16.5 Å². The lowest BCUT2D eigenvalue weighted by Crippen LogP contribution is -2.04. The third kappa shape index (κ3) is 3.62. The minimum Gasteiger partial charge on any atom is -0.369 e. The highest BCUT2D eigenvalue weighted by Crippen LogP contribution is 2.27. The van der Waals surface area contributed by atoms with Crippen molar-refractivity contribution in [1.82, 2.24) is 9.97 Å². The molecular formula is C15H17Cl2N3. The van der Waals surface area contributed by atoms with Crippen LogP contribution in [-0.2, 0) is 12.8 Å². The Bertz CT molecular complexity index is 582. The Kier molecular flexibility index (Phi) is 5.21. The van der Waals surface area contributed by atoms with Gasteiger partial charge in [-0.15, -0.1) is 0 Å². The van der Waals surface area contributed by atoms with Gasteiger partial charge in [-0.05, 0) is 31.0 Å². The maximum absolute atomic E-state index is 6.21. The first-order chi connectivity index (χ1) is 9.63. The summed E-state index contributed by atoms with van der Waals surface area (Å²) in [6.07, 6.45) is 3.47. The van der Waals surface area contributed by atoms with Crippen LogP contribution in [0, 0.1) is 0 Å². The van der Waals surface area contributed by atoms with E-state index in [1.165, 1.54) is 5.56 Å². The fraction of sp³-hybridized carbons (Fsp3) is 0.333. The van der Waals surface area contributed by atoms with Crippen LogP contribution in [0.2, 0.25) is 10.0 Å². The number of aromatic nitrogens is 2. The largest absolute Gasteiger partial charge is 0.369 e. The second-order valence-electron chi connectivity index (χ2n) is 4.47. The van der Waals surface area contributed by atoms with Gasteiger partial charge in [-0.2, -0.15) is 0 Å². The number of rotatable bonds is 5. The molecule has 3 nitrogen and oxygen atoms in total. The summed E-state index contributed by atoms with van der Waals surface area (Å²) in [6, 6.07) is 5.82. The Balaban J connectivity index is 2.25. The molecular weight excluding hydrogens is 293 g/mol. The maximum atomic E-state index is 6.21. The summed E-state index contributed by atoms with van der Waals surface area (Å²) < 4.78 is 0. The number of nitrogens with one attached hydrogen (secondary N) is 1. The second kappa shape index (κ2) is 6.91. The molecule has 0 saturated heterocycles. The van der Waals surface area contributed by atoms with E-state index in [-0.39, 0.29) is 0 Å². The van der Waals surface area contributed by atoms with Crippen molar-refractivity contribution in [2.24, 2.45) is 0 Å². The average molecular weight is 310 g/mol. The van der Waals surface area contributed by atoms with Crippen LogP contribution in [0.5, 0.6) is 0 Å². The molecule has 106 valence electrons. The van der Waals surface area contributed by atoms with Crippen LogP contribution in [0.15, 0.2) is 24.4 Å². The van der Waals surface area contributed by atoms with Crippen LogP contribution in [0.3, 0.4) is 0 Å². The summed E-state index contributed by atoms with van der Waals surface area (Å²) in [5.74, 6) is 0.666. The molecule has 0 fully saturated rings. The fourth-order valence-electron chi connectivity index (χ4n) is 1.86. The van der Waals surface area contributed by atoms with Crippen LogP contribution < -0.4 is 5.32 Å². The van der Waals surface area contributed by atoms with E-state index in [1.807, 2.05) is 19.2 Å². The fourth-order valence-corrected chi connectivity index (χ4v) is 2.35. The number of aryl methyl sites for hydroxylation is 1. The van der Waals surface area contributed by atoms with Crippen molar-refractivity contribution in [3.63, 3.8) is 0 Å². The van der Waals surface area contributed by atoms with Crippen LogP contribution in [0.1, 0.15) is 30.8 Å². The first-order valence-corrected chi connectivity index (χ1v) is 7.42. The standard InChI is InChI=1S/C15H17Cl2N3/c1-3-10-5-6-11(19-9-10)7-14-12(16)8-13(17)15(20-14)18-4-2/h5-6,8-9H,3-4,7H2,1-2H3,(H,18,20). The van der Waals surface area contributed by atoms with Gasteiger partial charge in [0.15, 0.2) is 0 Å². The van der Waals surface area contributed by atoms with Gasteiger partial charge in [-0.3, -0.25) is 4.98 Å². The van der Waals surface area contributed by atoms with Crippen molar-refractivity contribution in [2.45, 2.75) is 26.7 Å². The van der Waals surface area contributed by atoms with Crippen molar-refractivity contribution >= 4 is 29.0 Å². The lowest BCUT2D eigenvalue weighted by molar-refractivity contribution is 0.988. The number of halogens is 2.